The third-order valence-electron chi connectivity index (χ3n) is 3.79. The molecule has 0 N–H and O–H groups in total. The lowest BCUT2D eigenvalue weighted by Gasteiger charge is -2.23. The predicted molar refractivity (Wildman–Crippen MR) is 69.2 cm³/mol. The van der Waals surface area contributed by atoms with Crippen molar-refractivity contribution in [2.24, 2.45) is 0 Å². The second-order valence-electron chi connectivity index (χ2n) is 5.03. The lowest BCUT2D eigenvalue weighted by molar-refractivity contribution is -0.121. The molecule has 2 aromatic rings. The molecule has 1 fully saturated rings. The van der Waals surface area contributed by atoms with Crippen molar-refractivity contribution in [3.05, 3.63) is 36.0 Å². The van der Waals surface area contributed by atoms with E-state index in [9.17, 15) is 4.79 Å². The molecule has 1 unspecified atom stereocenters. The fourth-order valence-corrected chi connectivity index (χ4v) is 2.92. The van der Waals surface area contributed by atoms with E-state index in [0.717, 1.165) is 19.3 Å². The number of aromatic nitrogens is 1. The maximum absolute atomic E-state index is 11.6. The SMILES string of the molecule is Cc1cn(C2CCCC(=O)C2)c2ccccc12. The monoisotopic (exact) mass is 227 g/mol. The standard InChI is InChI=1S/C15H17NO/c1-11-10-16(12-5-4-6-13(17)9-12)15-8-3-2-7-14(11)15/h2-3,7-8,10,12H,4-6,9H2,1H3. The van der Waals surface area contributed by atoms with Crippen LogP contribution in [0.4, 0.5) is 0 Å². The maximum atomic E-state index is 11.6. The van der Waals surface area contributed by atoms with E-state index < -0.39 is 0 Å². The molecule has 88 valence electrons. The largest absolute Gasteiger partial charge is 0.344 e. The Kier molecular flexibility index (Phi) is 2.50. The zero-order chi connectivity index (χ0) is 11.8. The first-order valence-electron chi connectivity index (χ1n) is 6.33. The molecular weight excluding hydrogens is 210 g/mol. The fraction of sp³-hybridized carbons (Fsp3) is 0.400. The van der Waals surface area contributed by atoms with Gasteiger partial charge in [0.25, 0.3) is 0 Å². The summed E-state index contributed by atoms with van der Waals surface area (Å²) in [7, 11) is 0. The molecule has 1 aromatic carbocycles. The molecule has 0 spiro atoms. The van der Waals surface area contributed by atoms with Crippen molar-refractivity contribution >= 4 is 16.7 Å². The first kappa shape index (κ1) is 10.6. The van der Waals surface area contributed by atoms with Crippen LogP contribution in [0.3, 0.4) is 0 Å². The number of benzene rings is 1. The van der Waals surface area contributed by atoms with Crippen molar-refractivity contribution in [1.29, 1.82) is 0 Å². The molecular formula is C15H17NO. The van der Waals surface area contributed by atoms with Crippen LogP contribution in [0.2, 0.25) is 0 Å². The minimum Gasteiger partial charge on any atom is -0.344 e. The number of aryl methyl sites for hydroxylation is 1. The molecule has 17 heavy (non-hydrogen) atoms. The average Bonchev–Trinajstić information content (AvgIpc) is 2.68. The highest BCUT2D eigenvalue weighted by Crippen LogP contribution is 2.31. The molecule has 2 heteroatoms. The minimum absolute atomic E-state index is 0.370. The smallest absolute Gasteiger partial charge is 0.134 e. The van der Waals surface area contributed by atoms with Gasteiger partial charge in [0.2, 0.25) is 0 Å². The Morgan fingerprint density at radius 1 is 1.29 bits per heavy atom. The third kappa shape index (κ3) is 1.78. The summed E-state index contributed by atoms with van der Waals surface area (Å²) in [4.78, 5) is 11.6. The van der Waals surface area contributed by atoms with Gasteiger partial charge in [0, 0.05) is 36.0 Å². The zero-order valence-electron chi connectivity index (χ0n) is 10.1. The summed E-state index contributed by atoms with van der Waals surface area (Å²) in [6.45, 7) is 2.14. The summed E-state index contributed by atoms with van der Waals surface area (Å²) in [6, 6.07) is 8.83. The first-order valence-corrected chi connectivity index (χ1v) is 6.33. The van der Waals surface area contributed by atoms with Crippen LogP contribution in [0.5, 0.6) is 0 Å². The summed E-state index contributed by atoms with van der Waals surface area (Å²) >= 11 is 0. The summed E-state index contributed by atoms with van der Waals surface area (Å²) in [5.74, 6) is 0.414. The van der Waals surface area contributed by atoms with Gasteiger partial charge in [-0.3, -0.25) is 4.79 Å². The maximum Gasteiger partial charge on any atom is 0.134 e. The second kappa shape index (κ2) is 4.02. The van der Waals surface area contributed by atoms with Gasteiger partial charge in [-0.1, -0.05) is 18.2 Å². The van der Waals surface area contributed by atoms with Crippen LogP contribution in [-0.4, -0.2) is 10.4 Å². The van der Waals surface area contributed by atoms with Gasteiger partial charge in [-0.05, 0) is 31.4 Å². The molecule has 0 radical (unpaired) electrons. The second-order valence-corrected chi connectivity index (χ2v) is 5.03. The molecule has 1 atom stereocenters. The number of para-hydroxylation sites is 1. The molecule has 0 amide bonds. The van der Waals surface area contributed by atoms with Gasteiger partial charge in [-0.2, -0.15) is 0 Å². The van der Waals surface area contributed by atoms with E-state index in [4.69, 9.17) is 0 Å². The Balaban J connectivity index is 2.08. The van der Waals surface area contributed by atoms with E-state index in [1.54, 1.807) is 0 Å². The highest BCUT2D eigenvalue weighted by Gasteiger charge is 2.22. The number of hydrogen-bond acceptors (Lipinski definition) is 1. The van der Waals surface area contributed by atoms with Gasteiger partial charge in [-0.15, -0.1) is 0 Å². The van der Waals surface area contributed by atoms with Gasteiger partial charge in [0.15, 0.2) is 0 Å². The number of carbonyl (C=O) groups is 1. The lowest BCUT2D eigenvalue weighted by Crippen LogP contribution is -2.18. The number of ketones is 1. The van der Waals surface area contributed by atoms with Gasteiger partial charge < -0.3 is 4.57 Å². The molecule has 0 aliphatic heterocycles. The molecule has 1 heterocycles. The van der Waals surface area contributed by atoms with Crippen molar-refractivity contribution in [2.75, 3.05) is 0 Å². The molecule has 1 aromatic heterocycles. The van der Waals surface area contributed by atoms with Crippen molar-refractivity contribution in [2.45, 2.75) is 38.6 Å². The van der Waals surface area contributed by atoms with Crippen molar-refractivity contribution in [1.82, 2.24) is 4.57 Å². The molecule has 2 nitrogen and oxygen atoms in total. The van der Waals surface area contributed by atoms with Gasteiger partial charge >= 0.3 is 0 Å². The van der Waals surface area contributed by atoms with E-state index in [2.05, 4.69) is 42.0 Å². The Morgan fingerprint density at radius 2 is 2.12 bits per heavy atom. The first-order chi connectivity index (χ1) is 8.25. The molecule has 1 aliphatic rings. The van der Waals surface area contributed by atoms with Gasteiger partial charge in [0.1, 0.15) is 5.78 Å². The van der Waals surface area contributed by atoms with E-state index in [1.165, 1.54) is 16.5 Å². The van der Waals surface area contributed by atoms with E-state index in [-0.39, 0.29) is 0 Å². The van der Waals surface area contributed by atoms with Gasteiger partial charge in [-0.25, -0.2) is 0 Å². The van der Waals surface area contributed by atoms with Crippen LogP contribution in [-0.2, 0) is 4.79 Å². The summed E-state index contributed by atoms with van der Waals surface area (Å²) in [5, 5.41) is 1.31. The van der Waals surface area contributed by atoms with Crippen LogP contribution in [0.1, 0.15) is 37.3 Å². The lowest BCUT2D eigenvalue weighted by atomic mass is 9.94. The van der Waals surface area contributed by atoms with Crippen molar-refractivity contribution in [3.63, 3.8) is 0 Å². The predicted octanol–water partition coefficient (Wildman–Crippen LogP) is 3.63. The molecule has 3 rings (SSSR count). The average molecular weight is 227 g/mol. The number of Topliss-reactive ketones (excluding diaryl/α,β-unsaturated/α-hetero) is 1. The van der Waals surface area contributed by atoms with Gasteiger partial charge in [0.05, 0.1) is 0 Å². The number of fused-ring (bicyclic) bond motifs is 1. The molecule has 1 aliphatic carbocycles. The van der Waals surface area contributed by atoms with Crippen LogP contribution >= 0.6 is 0 Å². The quantitative estimate of drug-likeness (QED) is 0.729. The third-order valence-corrected chi connectivity index (χ3v) is 3.79. The molecule has 1 saturated carbocycles. The van der Waals surface area contributed by atoms with Crippen molar-refractivity contribution < 1.29 is 4.79 Å². The Bertz CT molecular complexity index is 567. The zero-order valence-corrected chi connectivity index (χ0v) is 10.1. The van der Waals surface area contributed by atoms with E-state index in [1.807, 2.05) is 0 Å². The van der Waals surface area contributed by atoms with Crippen molar-refractivity contribution in [3.8, 4) is 0 Å². The van der Waals surface area contributed by atoms with E-state index >= 15 is 0 Å². The fourth-order valence-electron chi connectivity index (χ4n) is 2.92. The molecule has 0 bridgehead atoms. The molecule has 0 saturated heterocycles. The number of nitrogens with zero attached hydrogens (tertiary/aromatic N) is 1. The van der Waals surface area contributed by atoms with Crippen LogP contribution < -0.4 is 0 Å². The summed E-state index contributed by atoms with van der Waals surface area (Å²) in [6.07, 6.45) is 5.85. The van der Waals surface area contributed by atoms with Crippen LogP contribution in [0.25, 0.3) is 10.9 Å². The Morgan fingerprint density at radius 3 is 2.94 bits per heavy atom. The summed E-state index contributed by atoms with van der Waals surface area (Å²) < 4.78 is 2.31. The normalized spacial score (nSPS) is 21.0. The highest BCUT2D eigenvalue weighted by molar-refractivity contribution is 5.84. The minimum atomic E-state index is 0.370. The highest BCUT2D eigenvalue weighted by atomic mass is 16.1. The Labute approximate surface area is 101 Å². The number of hydrogen-bond donors (Lipinski definition) is 0. The number of rotatable bonds is 1. The summed E-state index contributed by atoms with van der Waals surface area (Å²) in [5.41, 5.74) is 2.57. The Hall–Kier alpha value is -1.57. The van der Waals surface area contributed by atoms with E-state index in [0.29, 0.717) is 18.2 Å². The van der Waals surface area contributed by atoms with Crippen LogP contribution in [0, 0.1) is 6.92 Å². The number of carbonyl (C=O) groups excluding carboxylic acids is 1. The van der Waals surface area contributed by atoms with Crippen LogP contribution in [0.15, 0.2) is 30.5 Å². The topological polar surface area (TPSA) is 22.0 Å².